The van der Waals surface area contributed by atoms with Crippen LogP contribution in [0.2, 0.25) is 0 Å². The Morgan fingerprint density at radius 3 is 2.48 bits per heavy atom. The number of carbonyl (C=O) groups is 1. The average Bonchev–Trinajstić information content (AvgIpc) is 2.82. The Balaban J connectivity index is 2.08. The Bertz CT molecular complexity index is 637. The van der Waals surface area contributed by atoms with Crippen LogP contribution >= 0.6 is 0 Å². The van der Waals surface area contributed by atoms with Crippen LogP contribution in [-0.4, -0.2) is 20.9 Å². The molecule has 2 rings (SSSR count). The predicted molar refractivity (Wildman–Crippen MR) is 81.9 cm³/mol. The van der Waals surface area contributed by atoms with Gasteiger partial charge in [-0.1, -0.05) is 22.9 Å². The zero-order valence-corrected chi connectivity index (χ0v) is 12.8. The highest BCUT2D eigenvalue weighted by Gasteiger charge is 2.11. The highest BCUT2D eigenvalue weighted by Crippen LogP contribution is 2.21. The highest BCUT2D eigenvalue weighted by atomic mass is 16.2. The molecule has 0 aliphatic carbocycles. The second-order valence-corrected chi connectivity index (χ2v) is 5.45. The number of anilines is 1. The first-order valence-electron chi connectivity index (χ1n) is 6.90. The summed E-state index contributed by atoms with van der Waals surface area (Å²) in [6, 6.07) is 3.90. The van der Waals surface area contributed by atoms with Gasteiger partial charge in [-0.25, -0.2) is 4.68 Å². The molecule has 1 atom stereocenters. The van der Waals surface area contributed by atoms with Crippen LogP contribution in [0.3, 0.4) is 0 Å². The summed E-state index contributed by atoms with van der Waals surface area (Å²) in [4.78, 5) is 12.1. The lowest BCUT2D eigenvalue weighted by Crippen LogP contribution is -2.20. The van der Waals surface area contributed by atoms with Crippen LogP contribution in [0.5, 0.6) is 0 Å². The summed E-state index contributed by atoms with van der Waals surface area (Å²) < 4.78 is 1.49. The summed E-state index contributed by atoms with van der Waals surface area (Å²) in [5, 5.41) is 10.8. The van der Waals surface area contributed by atoms with E-state index in [0.29, 0.717) is 5.69 Å². The third kappa shape index (κ3) is 3.66. The van der Waals surface area contributed by atoms with E-state index in [1.54, 1.807) is 6.20 Å². The standard InChI is InChI=1S/C15H21N5O/c1-9-5-10(2)15(11(3)6-9)17-14(21)8-20-7-13(12(4)16)18-19-20/h5-7,12H,8,16H2,1-4H3,(H,17,21). The molecule has 2 aromatic rings. The third-order valence-electron chi connectivity index (χ3n) is 3.27. The van der Waals surface area contributed by atoms with Gasteiger partial charge in [0.2, 0.25) is 5.91 Å². The molecule has 0 spiro atoms. The summed E-state index contributed by atoms with van der Waals surface area (Å²) in [5.41, 5.74) is 10.5. The molecule has 6 heteroatoms. The number of amides is 1. The number of nitrogens with two attached hydrogens (primary N) is 1. The zero-order valence-electron chi connectivity index (χ0n) is 12.8. The van der Waals surface area contributed by atoms with Crippen LogP contribution in [0, 0.1) is 20.8 Å². The second kappa shape index (κ2) is 6.05. The fourth-order valence-corrected chi connectivity index (χ4v) is 2.30. The van der Waals surface area contributed by atoms with Gasteiger partial charge in [-0.3, -0.25) is 4.79 Å². The van der Waals surface area contributed by atoms with E-state index in [1.807, 2.05) is 39.8 Å². The molecule has 1 aromatic heterocycles. The summed E-state index contributed by atoms with van der Waals surface area (Å²) in [5.74, 6) is -0.133. The molecule has 0 radical (unpaired) electrons. The topological polar surface area (TPSA) is 85.8 Å². The second-order valence-electron chi connectivity index (χ2n) is 5.45. The van der Waals surface area contributed by atoms with Crippen LogP contribution in [-0.2, 0) is 11.3 Å². The smallest absolute Gasteiger partial charge is 0.246 e. The Labute approximate surface area is 124 Å². The van der Waals surface area contributed by atoms with Crippen molar-refractivity contribution in [2.24, 2.45) is 5.73 Å². The number of benzene rings is 1. The number of carbonyl (C=O) groups excluding carboxylic acids is 1. The molecule has 3 N–H and O–H groups in total. The maximum atomic E-state index is 12.1. The minimum atomic E-state index is -0.191. The molecule has 1 aromatic carbocycles. The van der Waals surface area contributed by atoms with E-state index in [9.17, 15) is 4.79 Å². The van der Waals surface area contributed by atoms with Crippen molar-refractivity contribution in [2.75, 3.05) is 5.32 Å². The molecular weight excluding hydrogens is 266 g/mol. The van der Waals surface area contributed by atoms with Gasteiger partial charge in [0.05, 0.1) is 11.9 Å². The van der Waals surface area contributed by atoms with Gasteiger partial charge in [0.15, 0.2) is 0 Å². The monoisotopic (exact) mass is 287 g/mol. The molecule has 0 saturated heterocycles. The third-order valence-corrected chi connectivity index (χ3v) is 3.27. The number of hydrogen-bond donors (Lipinski definition) is 2. The molecule has 112 valence electrons. The lowest BCUT2D eigenvalue weighted by atomic mass is 10.1. The van der Waals surface area contributed by atoms with Gasteiger partial charge in [0.25, 0.3) is 0 Å². The molecule has 1 unspecified atom stereocenters. The minimum absolute atomic E-state index is 0.118. The number of nitrogens with one attached hydrogen (secondary N) is 1. The first-order chi connectivity index (χ1) is 9.86. The van der Waals surface area contributed by atoms with Crippen molar-refractivity contribution in [3.8, 4) is 0 Å². The van der Waals surface area contributed by atoms with Crippen LogP contribution in [0.1, 0.15) is 35.3 Å². The minimum Gasteiger partial charge on any atom is -0.324 e. The normalized spacial score (nSPS) is 12.2. The number of hydrogen-bond acceptors (Lipinski definition) is 4. The van der Waals surface area contributed by atoms with Crippen molar-refractivity contribution >= 4 is 11.6 Å². The molecule has 0 bridgehead atoms. The van der Waals surface area contributed by atoms with Gasteiger partial charge in [0, 0.05) is 11.7 Å². The fraction of sp³-hybridized carbons (Fsp3) is 0.400. The summed E-state index contributed by atoms with van der Waals surface area (Å²) in [7, 11) is 0. The van der Waals surface area contributed by atoms with E-state index in [-0.39, 0.29) is 18.5 Å². The Morgan fingerprint density at radius 2 is 1.95 bits per heavy atom. The number of rotatable bonds is 4. The van der Waals surface area contributed by atoms with Crippen molar-refractivity contribution in [1.29, 1.82) is 0 Å². The summed E-state index contributed by atoms with van der Waals surface area (Å²) >= 11 is 0. The maximum Gasteiger partial charge on any atom is 0.246 e. The Hall–Kier alpha value is -2.21. The van der Waals surface area contributed by atoms with E-state index in [0.717, 1.165) is 16.8 Å². The molecule has 0 aliphatic heterocycles. The maximum absolute atomic E-state index is 12.1. The van der Waals surface area contributed by atoms with Crippen LogP contribution in [0.25, 0.3) is 0 Å². The zero-order chi connectivity index (χ0) is 15.6. The lowest BCUT2D eigenvalue weighted by molar-refractivity contribution is -0.116. The average molecular weight is 287 g/mol. The van der Waals surface area contributed by atoms with Gasteiger partial charge >= 0.3 is 0 Å². The number of nitrogens with zero attached hydrogens (tertiary/aromatic N) is 3. The van der Waals surface area contributed by atoms with Gasteiger partial charge < -0.3 is 11.1 Å². The molecule has 6 nitrogen and oxygen atoms in total. The van der Waals surface area contributed by atoms with E-state index < -0.39 is 0 Å². The fourth-order valence-electron chi connectivity index (χ4n) is 2.30. The Morgan fingerprint density at radius 1 is 1.33 bits per heavy atom. The van der Waals surface area contributed by atoms with E-state index in [1.165, 1.54) is 10.2 Å². The van der Waals surface area contributed by atoms with E-state index >= 15 is 0 Å². The van der Waals surface area contributed by atoms with Crippen molar-refractivity contribution < 1.29 is 4.79 Å². The molecule has 1 heterocycles. The first kappa shape index (κ1) is 15.2. The van der Waals surface area contributed by atoms with Crippen molar-refractivity contribution in [3.05, 3.63) is 40.7 Å². The van der Waals surface area contributed by atoms with Gasteiger partial charge in [-0.05, 0) is 38.8 Å². The van der Waals surface area contributed by atoms with Gasteiger partial charge in [-0.2, -0.15) is 0 Å². The highest BCUT2D eigenvalue weighted by molar-refractivity contribution is 5.92. The van der Waals surface area contributed by atoms with E-state index in [4.69, 9.17) is 5.73 Å². The van der Waals surface area contributed by atoms with Crippen LogP contribution in [0.4, 0.5) is 5.69 Å². The van der Waals surface area contributed by atoms with Gasteiger partial charge in [-0.15, -0.1) is 5.10 Å². The molecule has 0 saturated carbocycles. The number of aryl methyl sites for hydroxylation is 3. The SMILES string of the molecule is Cc1cc(C)c(NC(=O)Cn2cc(C(C)N)nn2)c(C)c1. The quantitative estimate of drug-likeness (QED) is 0.898. The van der Waals surface area contributed by atoms with Gasteiger partial charge in [0.1, 0.15) is 6.54 Å². The van der Waals surface area contributed by atoms with E-state index in [2.05, 4.69) is 15.6 Å². The Kier molecular flexibility index (Phi) is 4.37. The van der Waals surface area contributed by atoms with Crippen LogP contribution < -0.4 is 11.1 Å². The van der Waals surface area contributed by atoms with Crippen molar-refractivity contribution in [1.82, 2.24) is 15.0 Å². The molecule has 1 amide bonds. The first-order valence-corrected chi connectivity index (χ1v) is 6.90. The predicted octanol–water partition coefficient (Wildman–Crippen LogP) is 1.86. The molecule has 21 heavy (non-hydrogen) atoms. The lowest BCUT2D eigenvalue weighted by Gasteiger charge is -2.12. The molecule has 0 fully saturated rings. The summed E-state index contributed by atoms with van der Waals surface area (Å²) in [6.45, 7) is 7.95. The summed E-state index contributed by atoms with van der Waals surface area (Å²) in [6.07, 6.45) is 1.69. The van der Waals surface area contributed by atoms with Crippen molar-refractivity contribution in [2.45, 2.75) is 40.3 Å². The molecular formula is C15H21N5O. The number of aromatic nitrogens is 3. The van der Waals surface area contributed by atoms with Crippen LogP contribution in [0.15, 0.2) is 18.3 Å². The van der Waals surface area contributed by atoms with Crippen molar-refractivity contribution in [3.63, 3.8) is 0 Å². The molecule has 0 aliphatic rings. The largest absolute Gasteiger partial charge is 0.324 e.